The lowest BCUT2D eigenvalue weighted by Gasteiger charge is -2.33. The van der Waals surface area contributed by atoms with Gasteiger partial charge in [-0.05, 0) is 37.0 Å². The van der Waals surface area contributed by atoms with Crippen molar-refractivity contribution >= 4 is 35.2 Å². The highest BCUT2D eigenvalue weighted by Crippen LogP contribution is 2.26. The van der Waals surface area contributed by atoms with E-state index in [9.17, 15) is 9.90 Å². The van der Waals surface area contributed by atoms with E-state index in [0.29, 0.717) is 48.3 Å². The zero-order valence-electron chi connectivity index (χ0n) is 15.7. The maximum atomic E-state index is 12.7. The predicted molar refractivity (Wildman–Crippen MR) is 112 cm³/mol. The molecule has 1 unspecified atom stereocenters. The first-order chi connectivity index (χ1) is 13.9. The highest BCUT2D eigenvalue weighted by Gasteiger charge is 2.28. The number of rotatable bonds is 4. The number of fused-ring (bicyclic) bond motifs is 1. The van der Waals surface area contributed by atoms with Gasteiger partial charge in [0.05, 0.1) is 28.4 Å². The lowest BCUT2D eigenvalue weighted by Crippen LogP contribution is -2.44. The Morgan fingerprint density at radius 3 is 2.83 bits per heavy atom. The van der Waals surface area contributed by atoms with Gasteiger partial charge in [0, 0.05) is 18.8 Å². The molecule has 2 amide bonds. The summed E-state index contributed by atoms with van der Waals surface area (Å²) in [5, 5.41) is 16.4. The molecule has 0 saturated heterocycles. The van der Waals surface area contributed by atoms with Crippen LogP contribution in [-0.4, -0.2) is 44.7 Å². The summed E-state index contributed by atoms with van der Waals surface area (Å²) < 4.78 is 0. The van der Waals surface area contributed by atoms with Crippen LogP contribution in [0, 0.1) is 6.92 Å². The van der Waals surface area contributed by atoms with Crippen LogP contribution in [0.25, 0.3) is 0 Å². The molecule has 1 aliphatic heterocycles. The second kappa shape index (κ2) is 8.34. The molecule has 7 nitrogen and oxygen atoms in total. The van der Waals surface area contributed by atoms with Crippen molar-refractivity contribution in [2.24, 2.45) is 0 Å². The molecule has 0 bridgehead atoms. The number of amides is 2. The van der Waals surface area contributed by atoms with Crippen molar-refractivity contribution in [2.45, 2.75) is 44.0 Å². The van der Waals surface area contributed by atoms with Crippen LogP contribution in [0.4, 0.5) is 10.7 Å². The smallest absolute Gasteiger partial charge is 0.315 e. The van der Waals surface area contributed by atoms with Crippen molar-refractivity contribution < 1.29 is 9.90 Å². The summed E-state index contributed by atoms with van der Waals surface area (Å²) in [5.41, 5.74) is 2.66. The van der Waals surface area contributed by atoms with Crippen molar-refractivity contribution in [1.82, 2.24) is 20.2 Å². The largest absolute Gasteiger partial charge is 0.393 e. The second-order valence-electron chi connectivity index (χ2n) is 7.48. The summed E-state index contributed by atoms with van der Waals surface area (Å²) in [6.07, 6.45) is 3.67. The van der Waals surface area contributed by atoms with Crippen LogP contribution >= 0.6 is 23.2 Å². The number of aliphatic hydroxyl groups excluding tert-OH is 1. The molecular weight excluding hydrogens is 413 g/mol. The Hall–Kier alpha value is -2.09. The number of carbonyl (C=O) groups is 1. The third-order valence-corrected chi connectivity index (χ3v) is 6.06. The Bertz CT molecular complexity index is 920. The van der Waals surface area contributed by atoms with E-state index in [4.69, 9.17) is 23.2 Å². The number of anilines is 1. The van der Waals surface area contributed by atoms with Gasteiger partial charge in [0.25, 0.3) is 0 Å². The Morgan fingerprint density at radius 2 is 2.10 bits per heavy atom. The van der Waals surface area contributed by atoms with Gasteiger partial charge in [0.2, 0.25) is 5.95 Å². The van der Waals surface area contributed by atoms with Crippen LogP contribution in [0.15, 0.2) is 24.4 Å². The van der Waals surface area contributed by atoms with Crippen LogP contribution in [0.1, 0.15) is 35.7 Å². The first-order valence-corrected chi connectivity index (χ1v) is 10.3. The van der Waals surface area contributed by atoms with E-state index in [-0.39, 0.29) is 18.2 Å². The van der Waals surface area contributed by atoms with Crippen LogP contribution in [0.3, 0.4) is 0 Å². The van der Waals surface area contributed by atoms with E-state index in [1.807, 2.05) is 6.20 Å². The summed E-state index contributed by atoms with van der Waals surface area (Å²) in [6.45, 7) is 4.99. The minimum Gasteiger partial charge on any atom is -0.393 e. The second-order valence-corrected chi connectivity index (χ2v) is 8.29. The molecule has 1 atom stereocenters. The van der Waals surface area contributed by atoms with E-state index in [2.05, 4.69) is 27.5 Å². The summed E-state index contributed by atoms with van der Waals surface area (Å²) in [5.74, 6) is 0.536. The van der Waals surface area contributed by atoms with Crippen molar-refractivity contribution in [2.75, 3.05) is 11.9 Å². The Morgan fingerprint density at radius 1 is 1.31 bits per heavy atom. The molecule has 9 heteroatoms. The lowest BCUT2D eigenvalue weighted by atomic mass is 9.90. The maximum Gasteiger partial charge on any atom is 0.315 e. The summed E-state index contributed by atoms with van der Waals surface area (Å²) in [4.78, 5) is 23.4. The van der Waals surface area contributed by atoms with Crippen LogP contribution in [-0.2, 0) is 13.0 Å². The standard InChI is InChI=1S/C20H22Cl2N5O2/c1-11(12-2-3-16(21)17(22)6-12)24-20(29)27-5-4-13-9-23-19(26-18(13)10-27)25-14-7-15(28)8-14/h2-3,6,9,11,14-15,28H,1,4-5,7-8,10H2,(H,24,29)(H,23,25,26)/q-1. The number of carbonyl (C=O) groups excluding carboxylic acids is 1. The van der Waals surface area contributed by atoms with Gasteiger partial charge in [0.1, 0.15) is 0 Å². The minimum absolute atomic E-state index is 0.198. The maximum absolute atomic E-state index is 12.7. The van der Waals surface area contributed by atoms with Crippen molar-refractivity contribution in [3.8, 4) is 0 Å². The van der Waals surface area contributed by atoms with Crippen molar-refractivity contribution in [1.29, 1.82) is 0 Å². The molecule has 0 radical (unpaired) electrons. The quantitative estimate of drug-likeness (QED) is 0.641. The molecule has 1 aliphatic carbocycles. The summed E-state index contributed by atoms with van der Waals surface area (Å²) in [7, 11) is 0. The molecular formula is C20H22Cl2N5O2-. The van der Waals surface area contributed by atoms with Gasteiger partial charge < -0.3 is 27.6 Å². The SMILES string of the molecule is [CH2-]C(NC(=O)N1CCc2cnc(NC3CC(O)C3)nc2C1)c1ccc(Cl)c(Cl)c1. The van der Waals surface area contributed by atoms with Crippen molar-refractivity contribution in [3.05, 3.63) is 58.2 Å². The van der Waals surface area contributed by atoms with Crippen LogP contribution < -0.4 is 10.6 Å². The van der Waals surface area contributed by atoms with Crippen LogP contribution in [0.5, 0.6) is 0 Å². The highest BCUT2D eigenvalue weighted by molar-refractivity contribution is 6.42. The van der Waals surface area contributed by atoms with E-state index < -0.39 is 6.04 Å². The van der Waals surface area contributed by atoms with Gasteiger partial charge in [0.15, 0.2) is 0 Å². The topological polar surface area (TPSA) is 90.4 Å². The number of halogens is 2. The van der Waals surface area contributed by atoms with Gasteiger partial charge in [-0.25, -0.2) is 14.8 Å². The molecule has 2 aromatic rings. The van der Waals surface area contributed by atoms with Gasteiger partial charge in [-0.15, -0.1) is 0 Å². The number of hydrogen-bond acceptors (Lipinski definition) is 5. The molecule has 2 aliphatic rings. The predicted octanol–water partition coefficient (Wildman–Crippen LogP) is 3.36. The zero-order valence-corrected chi connectivity index (χ0v) is 17.2. The third-order valence-electron chi connectivity index (χ3n) is 5.32. The number of aromatic nitrogens is 2. The van der Waals surface area contributed by atoms with Gasteiger partial charge >= 0.3 is 6.03 Å². The van der Waals surface area contributed by atoms with E-state index >= 15 is 0 Å². The first-order valence-electron chi connectivity index (χ1n) is 9.52. The molecule has 1 fully saturated rings. The van der Waals surface area contributed by atoms with Crippen LogP contribution in [0.2, 0.25) is 10.0 Å². The van der Waals surface area contributed by atoms with Gasteiger partial charge in [-0.2, -0.15) is 0 Å². The fraction of sp³-hybridized carbons (Fsp3) is 0.400. The molecule has 4 rings (SSSR count). The monoisotopic (exact) mass is 434 g/mol. The van der Waals surface area contributed by atoms with Crippen molar-refractivity contribution in [3.63, 3.8) is 0 Å². The fourth-order valence-corrected chi connectivity index (χ4v) is 3.79. The van der Waals surface area contributed by atoms with Gasteiger partial charge in [-0.3, -0.25) is 0 Å². The van der Waals surface area contributed by atoms with E-state index in [0.717, 1.165) is 16.8 Å². The van der Waals surface area contributed by atoms with E-state index in [1.54, 1.807) is 23.1 Å². The number of nitrogens with one attached hydrogen (secondary N) is 2. The molecule has 1 saturated carbocycles. The molecule has 1 aromatic carbocycles. The third kappa shape index (κ3) is 4.57. The van der Waals surface area contributed by atoms with E-state index in [1.165, 1.54) is 0 Å². The molecule has 154 valence electrons. The number of hydrogen-bond donors (Lipinski definition) is 3. The Kier molecular flexibility index (Phi) is 5.81. The number of benzene rings is 1. The first kappa shape index (κ1) is 20.2. The normalized spacial score (nSPS) is 21.7. The molecule has 3 N–H and O–H groups in total. The molecule has 2 heterocycles. The zero-order chi connectivity index (χ0) is 20.5. The number of urea groups is 1. The average molecular weight is 435 g/mol. The van der Waals surface area contributed by atoms with Gasteiger partial charge in [-0.1, -0.05) is 40.9 Å². The summed E-state index contributed by atoms with van der Waals surface area (Å²) >= 11 is 12.0. The highest BCUT2D eigenvalue weighted by atomic mass is 35.5. The average Bonchev–Trinajstić information content (AvgIpc) is 2.68. The Balaban J connectivity index is 1.39. The lowest BCUT2D eigenvalue weighted by molar-refractivity contribution is 0.0834. The number of nitrogens with zero attached hydrogens (tertiary/aromatic N) is 3. The molecule has 29 heavy (non-hydrogen) atoms. The minimum atomic E-state index is -0.452. The Labute approximate surface area is 179 Å². The number of aliphatic hydroxyl groups is 1. The molecule has 1 aromatic heterocycles. The fourth-order valence-electron chi connectivity index (χ4n) is 3.49. The summed E-state index contributed by atoms with van der Waals surface area (Å²) in [6, 6.07) is 4.72. The molecule has 0 spiro atoms.